The number of para-hydroxylation sites is 2. The first kappa shape index (κ1) is 115. The zero-order valence-electron chi connectivity index (χ0n) is 81.4. The maximum Gasteiger partial charge on any atom is 0.155 e. The maximum absolute atomic E-state index is 10.0. The molecule has 5 radical (unpaired) electrons. The van der Waals surface area contributed by atoms with Crippen LogP contribution in [0, 0.1) is 76.2 Å². The van der Waals surface area contributed by atoms with E-state index in [0.29, 0.717) is 0 Å². The molecular weight excluding hydrogens is 2710 g/mol. The number of furan rings is 2. The van der Waals surface area contributed by atoms with Crippen LogP contribution in [0.3, 0.4) is 0 Å². The van der Waals surface area contributed by atoms with Crippen molar-refractivity contribution in [2.45, 2.75) is 55.4 Å². The molecule has 0 aliphatic carbocycles. The molecule has 23 aromatic rings. The van der Waals surface area contributed by atoms with Gasteiger partial charge in [0.05, 0.1) is 28.4 Å². The van der Waals surface area contributed by atoms with E-state index in [4.69, 9.17) is 19.0 Å². The smallest absolute Gasteiger partial charge is 0.155 e. The maximum atomic E-state index is 10.0. The fourth-order valence-corrected chi connectivity index (χ4v) is 14.9. The van der Waals surface area contributed by atoms with Gasteiger partial charge in [-0.2, -0.15) is 0 Å². The van der Waals surface area contributed by atoms with Crippen molar-refractivity contribution in [3.05, 3.63) is 526 Å². The average molecular weight is 2810 g/mol. The second-order valence-electron chi connectivity index (χ2n) is 32.3. The predicted octanol–water partition coefficient (Wildman–Crippen LogP) is 30.9. The first-order chi connectivity index (χ1) is 69.4. The fourth-order valence-electron chi connectivity index (χ4n) is 14.9. The number of rotatable bonds is 11. The topological polar surface area (TPSA) is 217 Å². The van der Waals surface area contributed by atoms with E-state index in [9.17, 15) is 9.59 Å². The molecule has 2 N–H and O–H groups in total. The van der Waals surface area contributed by atoms with Crippen LogP contribution in [-0.2, 0) is 110 Å². The van der Waals surface area contributed by atoms with Crippen molar-refractivity contribution in [1.29, 1.82) is 0 Å². The Morgan fingerprint density at radius 2 is 0.599 bits per heavy atom. The standard InChI is InChI=1S/2C18H12NO.C16H11N2.2C16H12N.3C11H8N.2C5H8O2.5Ir/c2*1-12-9-10-19-16(11-12)15-7-4-6-14-13-5-2-3-8-17(13)20-18(14)15;1-2-6-13(7-3-1)16-12-14(9-11-18-16)15-8-4-5-10-17-15;1-12-10-14(16-8-4-5-9-17-16)11-13-6-2-3-7-15(12)13;1-12-10-13-6-2-3-7-14(13)11-15(12)16-8-4-5-9-17-16;3*1-2-6-10(7-3-1)11-8-4-5-9-12-11;2*1-4(6)3-5(2)7;;;;;/h2*2-6,8-11H,1H3;1-6,8-12H;2*2-10H,1H3;3*1-6,8-9H;2*3,6H,1-2H3;;;;;/q8*-1;;;;;;;. The van der Waals surface area contributed by atoms with Crippen molar-refractivity contribution in [3.63, 3.8) is 0 Å². The van der Waals surface area contributed by atoms with Crippen LogP contribution in [0.2, 0.25) is 0 Å². The number of aliphatic hydroxyl groups excluding tert-OH is 2. The van der Waals surface area contributed by atoms with Gasteiger partial charge >= 0.3 is 0 Å². The molecule has 741 valence electrons. The Morgan fingerprint density at radius 3 is 0.980 bits per heavy atom. The first-order valence-electron chi connectivity index (χ1n) is 45.8. The van der Waals surface area contributed by atoms with E-state index in [1.54, 1.807) is 31.0 Å². The van der Waals surface area contributed by atoms with Crippen LogP contribution in [0.25, 0.3) is 167 Å². The van der Waals surface area contributed by atoms with Crippen LogP contribution in [0.4, 0.5) is 0 Å². The number of pyridine rings is 9. The minimum Gasteiger partial charge on any atom is -0.512 e. The summed E-state index contributed by atoms with van der Waals surface area (Å²) in [4.78, 5) is 59.0. The van der Waals surface area contributed by atoms with Gasteiger partial charge < -0.3 is 49.0 Å². The van der Waals surface area contributed by atoms with E-state index in [0.717, 1.165) is 156 Å². The largest absolute Gasteiger partial charge is 0.512 e. The molecule has 0 saturated heterocycles. The molecule has 0 aliphatic rings. The zero-order valence-corrected chi connectivity index (χ0v) is 93.3. The van der Waals surface area contributed by atoms with Gasteiger partial charge in [-0.15, -0.1) is 238 Å². The van der Waals surface area contributed by atoms with Gasteiger partial charge in [0.2, 0.25) is 0 Å². The summed E-state index contributed by atoms with van der Waals surface area (Å²) in [5.41, 5.74) is 26.0. The Morgan fingerprint density at radius 1 is 0.259 bits per heavy atom. The van der Waals surface area contributed by atoms with Crippen molar-refractivity contribution in [2.75, 3.05) is 0 Å². The Kier molecular flexibility index (Phi) is 47.5. The molecule has 0 saturated carbocycles. The molecule has 0 amide bonds. The number of nitrogens with zero attached hydrogens (tertiary/aromatic N) is 9. The molecule has 20 heteroatoms. The third kappa shape index (κ3) is 34.5. The molecule has 147 heavy (non-hydrogen) atoms. The number of carbonyl (C=O) groups is 2. The van der Waals surface area contributed by atoms with Crippen molar-refractivity contribution < 1.29 is 129 Å². The summed E-state index contributed by atoms with van der Waals surface area (Å²) in [5, 5.41) is 26.0. The summed E-state index contributed by atoms with van der Waals surface area (Å²) in [6.45, 7) is 14.0. The molecule has 0 unspecified atom stereocenters. The number of aryl methyl sites for hydroxylation is 4. The van der Waals surface area contributed by atoms with E-state index in [-0.39, 0.29) is 124 Å². The molecule has 0 spiro atoms. The molecule has 15 nitrogen and oxygen atoms in total. The molecule has 11 heterocycles. The van der Waals surface area contributed by atoms with Crippen LogP contribution >= 0.6 is 0 Å². The average Bonchev–Trinajstić information content (AvgIpc) is 1.62. The van der Waals surface area contributed by atoms with Gasteiger partial charge in [-0.25, -0.2) is 0 Å². The molecule has 0 bridgehead atoms. The number of aliphatic hydroxyl groups is 2. The van der Waals surface area contributed by atoms with Gasteiger partial charge in [0, 0.05) is 191 Å². The van der Waals surface area contributed by atoms with E-state index in [1.165, 1.54) is 72.9 Å². The van der Waals surface area contributed by atoms with Gasteiger partial charge in [-0.1, -0.05) is 226 Å². The van der Waals surface area contributed by atoms with E-state index in [2.05, 4.69) is 194 Å². The normalized spacial score (nSPS) is 10.2. The van der Waals surface area contributed by atoms with Crippen molar-refractivity contribution in [2.24, 2.45) is 0 Å². The number of hydrogen-bond acceptors (Lipinski definition) is 15. The quantitative estimate of drug-likeness (QED) is 0.0699. The van der Waals surface area contributed by atoms with Gasteiger partial charge in [0.15, 0.2) is 11.6 Å². The van der Waals surface area contributed by atoms with E-state index < -0.39 is 0 Å². The third-order valence-electron chi connectivity index (χ3n) is 21.3. The molecule has 0 atom stereocenters. The number of carbonyl (C=O) groups excluding carboxylic acids is 2. The Bertz CT molecular complexity index is 7520. The van der Waals surface area contributed by atoms with Gasteiger partial charge in [-0.05, 0) is 154 Å². The van der Waals surface area contributed by atoms with Gasteiger partial charge in [-0.3, -0.25) is 24.5 Å². The Balaban J connectivity index is 0.000000184. The molecule has 11 aromatic heterocycles. The number of allylic oxidation sites excluding steroid dienone is 4. The number of fused-ring (bicyclic) bond motifs is 8. The summed E-state index contributed by atoms with van der Waals surface area (Å²) in [7, 11) is 0. The van der Waals surface area contributed by atoms with Crippen LogP contribution in [0.1, 0.15) is 49.9 Å². The first-order valence-corrected chi connectivity index (χ1v) is 45.8. The minimum atomic E-state index is -0.125. The van der Waals surface area contributed by atoms with Crippen LogP contribution in [0.15, 0.2) is 464 Å². The molecule has 12 aromatic carbocycles. The van der Waals surface area contributed by atoms with Crippen LogP contribution < -0.4 is 0 Å². The SMILES string of the molecule is CC(=O)C=C(C)O.CC(=O)C=C(C)O.Cc1cc(-c2ccccn2)[c-]c2ccccc12.Cc1cc2ccccc2[c-]c1-c1ccccn1.Cc1ccnc(-c2[c-]ccc3c2oc2ccccc23)c1.Cc1ccnc(-c2[c-]ccc3c2oc2ccccc23)c1.[Ir].[Ir].[Ir].[Ir].[Ir].[c-]1ccccc1-c1cc(-c2ccccn2)ccn1.[c-]1ccccc1-c1ccccn1.[c-]1ccccc1-c1ccccn1.[c-]1ccccc1-c1ccccn1. The Hall–Kier alpha value is -15.2. The fraction of sp³-hybridized carbons (Fsp3) is 0.0630. The second kappa shape index (κ2) is 60.5. The number of ketones is 2. The van der Waals surface area contributed by atoms with Crippen molar-refractivity contribution in [3.8, 4) is 101 Å². The van der Waals surface area contributed by atoms with Gasteiger partial charge in [0.25, 0.3) is 0 Å². The Labute approximate surface area is 925 Å². The predicted molar refractivity (Wildman–Crippen MR) is 574 cm³/mol. The van der Waals surface area contributed by atoms with E-state index in [1.807, 2.05) is 328 Å². The summed E-state index contributed by atoms with van der Waals surface area (Å²) in [5.74, 6) is -0.125. The van der Waals surface area contributed by atoms with Crippen LogP contribution in [0.5, 0.6) is 0 Å². The van der Waals surface area contributed by atoms with Gasteiger partial charge in [0.1, 0.15) is 11.2 Å². The molecular formula is C127H99Ir5N9O6-8. The third-order valence-corrected chi connectivity index (χ3v) is 21.3. The number of benzene rings is 12. The zero-order chi connectivity index (χ0) is 99.0. The molecule has 0 fully saturated rings. The monoisotopic (exact) mass is 2810 g/mol. The summed E-state index contributed by atoms with van der Waals surface area (Å²) in [6.07, 6.45) is 18.6. The summed E-state index contributed by atoms with van der Waals surface area (Å²) in [6, 6.07) is 150. The minimum absolute atomic E-state index is 0. The number of hydrogen-bond donors (Lipinski definition) is 2. The van der Waals surface area contributed by atoms with Crippen molar-refractivity contribution >= 4 is 77.0 Å². The van der Waals surface area contributed by atoms with Crippen molar-refractivity contribution in [1.82, 2.24) is 44.9 Å². The second-order valence-corrected chi connectivity index (χ2v) is 32.3. The molecule has 0 aliphatic heterocycles. The van der Waals surface area contributed by atoms with E-state index >= 15 is 0 Å². The summed E-state index contributed by atoms with van der Waals surface area (Å²) < 4.78 is 12.0. The van der Waals surface area contributed by atoms with Crippen LogP contribution in [-0.4, -0.2) is 66.6 Å². The number of aromatic nitrogens is 9. The summed E-state index contributed by atoms with van der Waals surface area (Å²) >= 11 is 0. The molecule has 23 rings (SSSR count).